The number of methoxy groups -OCH3 is 1. The molecule has 3 amide bonds. The number of nitrogens with one attached hydrogen (secondary N) is 1. The largest absolute Gasteiger partial charge is 0.495 e. The van der Waals surface area contributed by atoms with E-state index in [1.165, 1.54) is 12.0 Å². The Morgan fingerprint density at radius 1 is 1.06 bits per heavy atom. The van der Waals surface area contributed by atoms with Gasteiger partial charge >= 0.3 is 0 Å². The fourth-order valence-electron chi connectivity index (χ4n) is 4.26. The summed E-state index contributed by atoms with van der Waals surface area (Å²) in [6.07, 6.45) is 0.132. The summed E-state index contributed by atoms with van der Waals surface area (Å²) in [5.41, 5.74) is 1.36. The third-order valence-electron chi connectivity index (χ3n) is 5.94. The molecule has 0 bridgehead atoms. The molecule has 0 radical (unpaired) electrons. The van der Waals surface area contributed by atoms with Crippen molar-refractivity contribution in [3.05, 3.63) is 66.7 Å². The standard InChI is InChI=1S/C26H27N3O4/c1-3-28(17-24(30)27-21-12-6-7-14-23(21)33-2)26(32)19-15-25(31)29(16-19)22-13-8-10-18-9-4-5-11-20(18)22/h4-14,19H,3,15-17H2,1-2H3,(H,27,30)/t19-/m1/s1. The van der Waals surface area contributed by atoms with Crippen LogP contribution < -0.4 is 15.0 Å². The first-order chi connectivity index (χ1) is 16.0. The van der Waals surface area contributed by atoms with Crippen LogP contribution in [0.2, 0.25) is 0 Å². The molecule has 1 heterocycles. The van der Waals surface area contributed by atoms with Crippen molar-refractivity contribution in [1.29, 1.82) is 0 Å². The summed E-state index contributed by atoms with van der Waals surface area (Å²) in [6, 6.07) is 20.8. The summed E-state index contributed by atoms with van der Waals surface area (Å²) < 4.78 is 5.26. The van der Waals surface area contributed by atoms with E-state index in [0.29, 0.717) is 24.5 Å². The number of nitrogens with zero attached hydrogens (tertiary/aromatic N) is 2. The number of rotatable bonds is 7. The number of carbonyl (C=O) groups is 3. The van der Waals surface area contributed by atoms with Gasteiger partial charge < -0.3 is 19.9 Å². The van der Waals surface area contributed by atoms with E-state index in [0.717, 1.165) is 16.5 Å². The summed E-state index contributed by atoms with van der Waals surface area (Å²) in [5.74, 6) is -0.532. The van der Waals surface area contributed by atoms with Gasteiger partial charge in [0.1, 0.15) is 5.75 Å². The second kappa shape index (κ2) is 9.73. The lowest BCUT2D eigenvalue weighted by Crippen LogP contribution is -2.42. The lowest BCUT2D eigenvalue weighted by atomic mass is 10.1. The van der Waals surface area contributed by atoms with E-state index < -0.39 is 5.92 Å². The zero-order valence-electron chi connectivity index (χ0n) is 18.8. The second-order valence-electron chi connectivity index (χ2n) is 8.00. The smallest absolute Gasteiger partial charge is 0.244 e. The monoisotopic (exact) mass is 445 g/mol. The number of fused-ring (bicyclic) bond motifs is 1. The topological polar surface area (TPSA) is 79.0 Å². The van der Waals surface area contributed by atoms with Gasteiger partial charge in [0.15, 0.2) is 0 Å². The number of hydrogen-bond donors (Lipinski definition) is 1. The first-order valence-electron chi connectivity index (χ1n) is 11.0. The minimum absolute atomic E-state index is 0.0840. The number of carbonyl (C=O) groups excluding carboxylic acids is 3. The molecule has 170 valence electrons. The summed E-state index contributed by atoms with van der Waals surface area (Å²) >= 11 is 0. The van der Waals surface area contributed by atoms with Gasteiger partial charge in [-0.15, -0.1) is 0 Å². The van der Waals surface area contributed by atoms with Crippen LogP contribution in [0, 0.1) is 5.92 Å². The van der Waals surface area contributed by atoms with Crippen LogP contribution in [0.5, 0.6) is 5.75 Å². The number of likely N-dealkylation sites (N-methyl/N-ethyl adjacent to an activating group) is 1. The highest BCUT2D eigenvalue weighted by Gasteiger charge is 2.37. The molecule has 1 fully saturated rings. The van der Waals surface area contributed by atoms with Gasteiger partial charge in [0.25, 0.3) is 0 Å². The molecule has 1 aliphatic rings. The second-order valence-corrected chi connectivity index (χ2v) is 8.00. The summed E-state index contributed by atoms with van der Waals surface area (Å²) in [7, 11) is 1.53. The van der Waals surface area contributed by atoms with Crippen molar-refractivity contribution >= 4 is 39.9 Å². The molecule has 1 atom stereocenters. The average Bonchev–Trinajstić information content (AvgIpc) is 3.23. The Morgan fingerprint density at radius 3 is 2.58 bits per heavy atom. The fourth-order valence-corrected chi connectivity index (χ4v) is 4.26. The van der Waals surface area contributed by atoms with Gasteiger partial charge in [0.05, 0.1) is 30.9 Å². The summed E-state index contributed by atoms with van der Waals surface area (Å²) in [6.45, 7) is 2.41. The van der Waals surface area contributed by atoms with Gasteiger partial charge in [-0.1, -0.05) is 48.5 Å². The van der Waals surface area contributed by atoms with Crippen LogP contribution in [0.1, 0.15) is 13.3 Å². The van der Waals surface area contributed by atoms with E-state index in [9.17, 15) is 14.4 Å². The van der Waals surface area contributed by atoms with Crippen molar-refractivity contribution in [2.45, 2.75) is 13.3 Å². The maximum atomic E-state index is 13.2. The molecular formula is C26H27N3O4. The quantitative estimate of drug-likeness (QED) is 0.602. The minimum Gasteiger partial charge on any atom is -0.495 e. The normalized spacial score (nSPS) is 15.5. The molecule has 3 aromatic rings. The molecule has 1 saturated heterocycles. The number of para-hydroxylation sites is 2. The molecular weight excluding hydrogens is 418 g/mol. The van der Waals surface area contributed by atoms with Crippen LogP contribution in [0.15, 0.2) is 66.7 Å². The predicted molar refractivity (Wildman–Crippen MR) is 128 cm³/mol. The predicted octanol–water partition coefficient (Wildman–Crippen LogP) is 3.69. The van der Waals surface area contributed by atoms with Crippen molar-refractivity contribution < 1.29 is 19.1 Å². The zero-order chi connectivity index (χ0) is 23.4. The van der Waals surface area contributed by atoms with E-state index in [4.69, 9.17) is 4.74 Å². The Hall–Kier alpha value is -3.87. The molecule has 0 unspecified atom stereocenters. The van der Waals surface area contributed by atoms with Gasteiger partial charge in [-0.25, -0.2) is 0 Å². The molecule has 33 heavy (non-hydrogen) atoms. The molecule has 3 aromatic carbocycles. The molecule has 0 aliphatic carbocycles. The third-order valence-corrected chi connectivity index (χ3v) is 5.94. The Labute approximate surface area is 192 Å². The van der Waals surface area contributed by atoms with E-state index in [-0.39, 0.29) is 30.7 Å². The van der Waals surface area contributed by atoms with Crippen LogP contribution in [0.4, 0.5) is 11.4 Å². The first-order valence-corrected chi connectivity index (χ1v) is 11.0. The Morgan fingerprint density at radius 2 is 1.79 bits per heavy atom. The highest BCUT2D eigenvalue weighted by molar-refractivity contribution is 6.07. The van der Waals surface area contributed by atoms with Crippen LogP contribution in [-0.4, -0.2) is 49.4 Å². The highest BCUT2D eigenvalue weighted by Crippen LogP contribution is 2.32. The average molecular weight is 446 g/mol. The maximum absolute atomic E-state index is 13.2. The molecule has 4 rings (SSSR count). The summed E-state index contributed by atoms with van der Waals surface area (Å²) in [4.78, 5) is 41.9. The molecule has 7 heteroatoms. The van der Waals surface area contributed by atoms with Gasteiger partial charge in [0.2, 0.25) is 17.7 Å². The number of ether oxygens (including phenoxy) is 1. The SMILES string of the molecule is CCN(CC(=O)Nc1ccccc1OC)C(=O)[C@@H]1CC(=O)N(c2cccc3ccccc23)C1. The molecule has 7 nitrogen and oxygen atoms in total. The van der Waals surface area contributed by atoms with Crippen LogP contribution >= 0.6 is 0 Å². The zero-order valence-corrected chi connectivity index (χ0v) is 18.8. The van der Waals surface area contributed by atoms with Crippen molar-refractivity contribution in [1.82, 2.24) is 4.90 Å². The van der Waals surface area contributed by atoms with Crippen LogP contribution in [0.25, 0.3) is 10.8 Å². The van der Waals surface area contributed by atoms with Crippen molar-refractivity contribution in [3.63, 3.8) is 0 Å². The fraction of sp³-hybridized carbons (Fsp3) is 0.269. The van der Waals surface area contributed by atoms with E-state index in [2.05, 4.69) is 5.32 Å². The lowest BCUT2D eigenvalue weighted by molar-refractivity contribution is -0.138. The molecule has 0 saturated carbocycles. The van der Waals surface area contributed by atoms with Gasteiger partial charge in [-0.3, -0.25) is 14.4 Å². The van der Waals surface area contributed by atoms with Crippen molar-refractivity contribution in [3.8, 4) is 5.75 Å². The number of hydrogen-bond acceptors (Lipinski definition) is 4. The number of benzene rings is 3. The van der Waals surface area contributed by atoms with Gasteiger partial charge in [0, 0.05) is 24.9 Å². The van der Waals surface area contributed by atoms with Crippen molar-refractivity contribution in [2.75, 3.05) is 37.0 Å². The first kappa shape index (κ1) is 22.3. The maximum Gasteiger partial charge on any atom is 0.244 e. The minimum atomic E-state index is -0.490. The Bertz CT molecular complexity index is 1190. The lowest BCUT2D eigenvalue weighted by Gasteiger charge is -2.24. The Balaban J connectivity index is 1.45. The van der Waals surface area contributed by atoms with E-state index in [1.54, 1.807) is 23.1 Å². The van der Waals surface area contributed by atoms with Gasteiger partial charge in [-0.2, -0.15) is 0 Å². The molecule has 0 spiro atoms. The highest BCUT2D eigenvalue weighted by atomic mass is 16.5. The van der Waals surface area contributed by atoms with Crippen LogP contribution in [-0.2, 0) is 14.4 Å². The van der Waals surface area contributed by atoms with E-state index >= 15 is 0 Å². The van der Waals surface area contributed by atoms with Gasteiger partial charge in [-0.05, 0) is 30.5 Å². The number of amides is 3. The third kappa shape index (κ3) is 4.67. The summed E-state index contributed by atoms with van der Waals surface area (Å²) in [5, 5.41) is 4.82. The molecule has 1 N–H and O–H groups in total. The molecule has 0 aromatic heterocycles. The molecule has 1 aliphatic heterocycles. The van der Waals surface area contributed by atoms with E-state index in [1.807, 2.05) is 55.5 Å². The van der Waals surface area contributed by atoms with Crippen molar-refractivity contribution in [2.24, 2.45) is 5.92 Å². The number of anilines is 2. The Kier molecular flexibility index (Phi) is 6.58. The van der Waals surface area contributed by atoms with Crippen LogP contribution in [0.3, 0.4) is 0 Å².